The van der Waals surface area contributed by atoms with Gasteiger partial charge in [-0.2, -0.15) is 0 Å². The number of carbonyl (C=O) groups is 1. The Morgan fingerprint density at radius 2 is 1.96 bits per heavy atom. The quantitative estimate of drug-likeness (QED) is 0.797. The fourth-order valence-corrected chi connectivity index (χ4v) is 2.91. The Hall–Kier alpha value is -2.69. The van der Waals surface area contributed by atoms with Gasteiger partial charge in [0.2, 0.25) is 5.91 Å². The van der Waals surface area contributed by atoms with Crippen LogP contribution in [0.3, 0.4) is 0 Å². The van der Waals surface area contributed by atoms with Gasteiger partial charge in [-0.3, -0.25) is 4.79 Å². The van der Waals surface area contributed by atoms with E-state index in [-0.39, 0.29) is 11.7 Å². The standard InChI is InChI=1S/C18H15FN2O2/c1-11-20-15-7-6-14(10-16(15)23-11)21-17(22)18(8-9-18)12-2-4-13(19)5-3-12/h2-7,10H,8-9H2,1H3,(H,21,22). The third kappa shape index (κ3) is 2.38. The topological polar surface area (TPSA) is 55.1 Å². The number of amides is 1. The largest absolute Gasteiger partial charge is 0.441 e. The molecule has 1 aliphatic rings. The summed E-state index contributed by atoms with van der Waals surface area (Å²) in [5.74, 6) is 0.226. The summed E-state index contributed by atoms with van der Waals surface area (Å²) in [6, 6.07) is 11.6. The molecule has 1 N–H and O–H groups in total. The average molecular weight is 310 g/mol. The minimum absolute atomic E-state index is 0.0697. The first-order chi connectivity index (χ1) is 11.1. The highest BCUT2D eigenvalue weighted by molar-refractivity contribution is 6.02. The van der Waals surface area contributed by atoms with Gasteiger partial charge in [0.15, 0.2) is 11.5 Å². The second-order valence-electron chi connectivity index (χ2n) is 5.96. The van der Waals surface area contributed by atoms with E-state index in [1.807, 2.05) is 12.1 Å². The number of nitrogens with one attached hydrogen (secondary N) is 1. The van der Waals surface area contributed by atoms with Crippen molar-refractivity contribution in [2.75, 3.05) is 5.32 Å². The highest BCUT2D eigenvalue weighted by Gasteiger charge is 2.51. The van der Waals surface area contributed by atoms with Crippen LogP contribution in [-0.4, -0.2) is 10.9 Å². The van der Waals surface area contributed by atoms with Crippen LogP contribution >= 0.6 is 0 Å². The Morgan fingerprint density at radius 3 is 2.65 bits per heavy atom. The Bertz CT molecular complexity index is 895. The van der Waals surface area contributed by atoms with Crippen LogP contribution in [0.15, 0.2) is 46.9 Å². The van der Waals surface area contributed by atoms with Gasteiger partial charge < -0.3 is 9.73 Å². The molecule has 1 aromatic heterocycles. The molecule has 1 saturated carbocycles. The van der Waals surface area contributed by atoms with E-state index in [0.29, 0.717) is 17.2 Å². The molecule has 5 heteroatoms. The fourth-order valence-electron chi connectivity index (χ4n) is 2.91. The molecule has 0 saturated heterocycles. The molecule has 1 amide bonds. The minimum Gasteiger partial charge on any atom is -0.441 e. The van der Waals surface area contributed by atoms with Crippen molar-refractivity contribution in [2.24, 2.45) is 0 Å². The van der Waals surface area contributed by atoms with Crippen molar-refractivity contribution in [1.29, 1.82) is 0 Å². The lowest BCUT2D eigenvalue weighted by molar-refractivity contribution is -0.118. The third-order valence-electron chi connectivity index (χ3n) is 4.33. The Labute approximate surface area is 132 Å². The molecular weight excluding hydrogens is 295 g/mol. The highest BCUT2D eigenvalue weighted by Crippen LogP contribution is 2.49. The smallest absolute Gasteiger partial charge is 0.235 e. The molecule has 1 heterocycles. The predicted octanol–water partition coefficient (Wildman–Crippen LogP) is 3.95. The average Bonchev–Trinajstić information content (AvgIpc) is 3.25. The number of oxazole rings is 1. The van der Waals surface area contributed by atoms with E-state index < -0.39 is 5.41 Å². The molecule has 0 radical (unpaired) electrons. The number of carbonyl (C=O) groups excluding carboxylic acids is 1. The van der Waals surface area contributed by atoms with Gasteiger partial charge in [-0.05, 0) is 42.7 Å². The number of anilines is 1. The summed E-state index contributed by atoms with van der Waals surface area (Å²) >= 11 is 0. The van der Waals surface area contributed by atoms with E-state index in [4.69, 9.17) is 4.42 Å². The van der Waals surface area contributed by atoms with Crippen molar-refractivity contribution in [3.63, 3.8) is 0 Å². The fraction of sp³-hybridized carbons (Fsp3) is 0.222. The number of aryl methyl sites for hydroxylation is 1. The molecule has 1 fully saturated rings. The van der Waals surface area contributed by atoms with Gasteiger partial charge in [-0.15, -0.1) is 0 Å². The van der Waals surface area contributed by atoms with Gasteiger partial charge >= 0.3 is 0 Å². The van der Waals surface area contributed by atoms with Gasteiger partial charge in [0.05, 0.1) is 5.41 Å². The summed E-state index contributed by atoms with van der Waals surface area (Å²) in [5, 5.41) is 2.94. The summed E-state index contributed by atoms with van der Waals surface area (Å²) in [4.78, 5) is 16.9. The van der Waals surface area contributed by atoms with Crippen LogP contribution in [-0.2, 0) is 10.2 Å². The molecule has 0 aliphatic heterocycles. The molecule has 0 spiro atoms. The van der Waals surface area contributed by atoms with Crippen molar-refractivity contribution in [1.82, 2.24) is 4.98 Å². The van der Waals surface area contributed by atoms with Crippen molar-refractivity contribution >= 4 is 22.7 Å². The van der Waals surface area contributed by atoms with Gasteiger partial charge in [-0.25, -0.2) is 9.37 Å². The predicted molar refractivity (Wildman–Crippen MR) is 84.7 cm³/mol. The van der Waals surface area contributed by atoms with Gasteiger partial charge in [0.1, 0.15) is 11.3 Å². The second-order valence-corrected chi connectivity index (χ2v) is 5.96. The molecule has 2 aromatic carbocycles. The normalized spacial score (nSPS) is 15.6. The number of hydrogen-bond donors (Lipinski definition) is 1. The highest BCUT2D eigenvalue weighted by atomic mass is 19.1. The van der Waals surface area contributed by atoms with Crippen LogP contribution in [0.5, 0.6) is 0 Å². The van der Waals surface area contributed by atoms with Crippen molar-refractivity contribution in [3.8, 4) is 0 Å². The maximum Gasteiger partial charge on any atom is 0.235 e. The second kappa shape index (κ2) is 4.91. The van der Waals surface area contributed by atoms with Gasteiger partial charge in [-0.1, -0.05) is 12.1 Å². The maximum atomic E-state index is 13.1. The van der Waals surface area contributed by atoms with E-state index >= 15 is 0 Å². The molecule has 116 valence electrons. The Balaban J connectivity index is 1.59. The van der Waals surface area contributed by atoms with E-state index in [1.165, 1.54) is 12.1 Å². The maximum absolute atomic E-state index is 13.1. The molecule has 0 unspecified atom stereocenters. The van der Waals surface area contributed by atoms with Crippen LogP contribution in [0.25, 0.3) is 11.1 Å². The number of hydrogen-bond acceptors (Lipinski definition) is 3. The number of benzene rings is 2. The van der Waals surface area contributed by atoms with Crippen LogP contribution < -0.4 is 5.32 Å². The lowest BCUT2D eigenvalue weighted by Gasteiger charge is -2.15. The SMILES string of the molecule is Cc1nc2ccc(NC(=O)C3(c4ccc(F)cc4)CC3)cc2o1. The zero-order valence-corrected chi connectivity index (χ0v) is 12.6. The van der Waals surface area contributed by atoms with E-state index in [2.05, 4.69) is 10.3 Å². The number of rotatable bonds is 3. The molecule has 23 heavy (non-hydrogen) atoms. The van der Waals surface area contributed by atoms with Gasteiger partial charge in [0.25, 0.3) is 0 Å². The molecule has 1 aliphatic carbocycles. The van der Waals surface area contributed by atoms with Crippen LogP contribution in [0.1, 0.15) is 24.3 Å². The molecular formula is C18H15FN2O2. The summed E-state index contributed by atoms with van der Waals surface area (Å²) in [6.45, 7) is 1.78. The summed E-state index contributed by atoms with van der Waals surface area (Å²) in [7, 11) is 0. The molecule has 0 bridgehead atoms. The monoisotopic (exact) mass is 310 g/mol. The Kier molecular flexibility index (Phi) is 2.98. The first-order valence-electron chi connectivity index (χ1n) is 7.52. The van der Waals surface area contributed by atoms with E-state index in [9.17, 15) is 9.18 Å². The van der Waals surface area contributed by atoms with Crippen molar-refractivity contribution in [2.45, 2.75) is 25.2 Å². The minimum atomic E-state index is -0.542. The molecule has 4 rings (SSSR count). The zero-order chi connectivity index (χ0) is 16.0. The molecule has 3 aromatic rings. The number of halogens is 1. The summed E-state index contributed by atoms with van der Waals surface area (Å²) in [5.41, 5.74) is 2.40. The lowest BCUT2D eigenvalue weighted by Crippen LogP contribution is -2.27. The van der Waals surface area contributed by atoms with Crippen LogP contribution in [0, 0.1) is 12.7 Å². The first kappa shape index (κ1) is 13.9. The number of aromatic nitrogens is 1. The lowest BCUT2D eigenvalue weighted by atomic mass is 9.95. The van der Waals surface area contributed by atoms with Gasteiger partial charge in [0, 0.05) is 18.7 Å². The molecule has 0 atom stereocenters. The van der Waals surface area contributed by atoms with Crippen molar-refractivity contribution in [3.05, 3.63) is 59.7 Å². The number of fused-ring (bicyclic) bond motifs is 1. The summed E-state index contributed by atoms with van der Waals surface area (Å²) < 4.78 is 18.6. The van der Waals surface area contributed by atoms with E-state index in [0.717, 1.165) is 23.9 Å². The first-order valence-corrected chi connectivity index (χ1v) is 7.52. The zero-order valence-electron chi connectivity index (χ0n) is 12.6. The van der Waals surface area contributed by atoms with Crippen LogP contribution in [0.4, 0.5) is 10.1 Å². The van der Waals surface area contributed by atoms with E-state index in [1.54, 1.807) is 25.1 Å². The summed E-state index contributed by atoms with van der Waals surface area (Å²) in [6.07, 6.45) is 1.54. The molecule has 4 nitrogen and oxygen atoms in total. The Morgan fingerprint density at radius 1 is 1.22 bits per heavy atom. The third-order valence-corrected chi connectivity index (χ3v) is 4.33. The number of nitrogens with zero attached hydrogens (tertiary/aromatic N) is 1. The van der Waals surface area contributed by atoms with Crippen LogP contribution in [0.2, 0.25) is 0 Å². The van der Waals surface area contributed by atoms with Crippen molar-refractivity contribution < 1.29 is 13.6 Å².